The first-order chi connectivity index (χ1) is 29.9. The number of aromatic nitrogens is 3. The van der Waals surface area contributed by atoms with Crippen molar-refractivity contribution in [1.29, 1.82) is 0 Å². The number of unbranched alkanes of at least 4 members (excludes halogenated alkanes) is 2. The summed E-state index contributed by atoms with van der Waals surface area (Å²) in [6.45, 7) is 8.30. The van der Waals surface area contributed by atoms with Crippen molar-refractivity contribution >= 4 is 65.4 Å². The van der Waals surface area contributed by atoms with Crippen LogP contribution in [0.2, 0.25) is 0 Å². The van der Waals surface area contributed by atoms with E-state index >= 15 is 0 Å². The summed E-state index contributed by atoms with van der Waals surface area (Å²) in [5, 5.41) is 11.0. The van der Waals surface area contributed by atoms with Crippen LogP contribution in [0, 0.1) is 0 Å². The van der Waals surface area contributed by atoms with E-state index in [1.54, 1.807) is 30.5 Å². The number of aldehydes is 1. The molecule has 0 radical (unpaired) electrons. The molecule has 18 nitrogen and oxygen atoms in total. The Morgan fingerprint density at radius 2 is 1.55 bits per heavy atom. The van der Waals surface area contributed by atoms with Gasteiger partial charge in [-0.05, 0) is 99.3 Å². The summed E-state index contributed by atoms with van der Waals surface area (Å²) >= 11 is 0. The number of fused-ring (bicyclic) bond motifs is 2. The monoisotopic (exact) mass is 936 g/mol. The summed E-state index contributed by atoms with van der Waals surface area (Å²) in [6.07, 6.45) is 9.48. The fourth-order valence-electron chi connectivity index (χ4n) is 8.10. The van der Waals surface area contributed by atoms with Crippen molar-refractivity contribution in [3.05, 3.63) is 113 Å². The Labute approximate surface area is 371 Å². The molecule has 64 heavy (non-hydrogen) atoms. The highest BCUT2D eigenvalue weighted by atomic mass is 32.2. The standard InChI is InChI=1S/C43H48N6O12S3/c1-42(2)34-24-32(63(56,57)58)17-19-36(34)47(21-7-5-6-12-41(52)44-26-30-27-49(46-45-30)31-15-13-29(14-16-31)38(51)28-50)39(42)10-8-11-40-43(3,4)35-25-33(64(59,60)61)18-20-37(35)48(40)22-9-23-62(53,54)55/h8,10-11,13-20,24-25,27-28H,5-7,9,12,21-23,26H2,1-4H3,(H3-,44,52,53,54,55,56,57,58,59,60,61). The number of allylic oxidation sites excluding steroid dienone is 4. The van der Waals surface area contributed by atoms with Gasteiger partial charge in [-0.1, -0.05) is 25.1 Å². The third kappa shape index (κ3) is 10.6. The van der Waals surface area contributed by atoms with Gasteiger partial charge in [-0.3, -0.25) is 23.5 Å². The Hall–Kier alpha value is -5.71. The Kier molecular flexibility index (Phi) is 13.7. The number of nitrogens with one attached hydrogen (secondary N) is 1. The normalized spacial score (nSPS) is 16.4. The minimum atomic E-state index is -4.77. The van der Waals surface area contributed by atoms with Crippen LogP contribution in [-0.2, 0) is 57.3 Å². The maximum Gasteiger partial charge on any atom is 0.294 e. The number of ketones is 1. The lowest BCUT2D eigenvalue weighted by molar-refractivity contribution is -0.438. The molecule has 1 amide bonds. The summed E-state index contributed by atoms with van der Waals surface area (Å²) in [5.74, 6) is -1.33. The van der Waals surface area contributed by atoms with E-state index < -0.39 is 52.7 Å². The molecule has 3 aromatic carbocycles. The number of benzene rings is 3. The fraction of sp³-hybridized carbons (Fsp3) is 0.349. The first kappa shape index (κ1) is 47.8. The van der Waals surface area contributed by atoms with Gasteiger partial charge in [0.1, 0.15) is 22.4 Å². The van der Waals surface area contributed by atoms with Crippen LogP contribution in [0.15, 0.2) is 101 Å². The van der Waals surface area contributed by atoms with Gasteiger partial charge in [-0.2, -0.15) is 21.4 Å². The van der Waals surface area contributed by atoms with Gasteiger partial charge in [0.05, 0.1) is 39.4 Å². The molecule has 0 aliphatic carbocycles. The van der Waals surface area contributed by atoms with Crippen LogP contribution in [-0.4, -0.2) is 101 Å². The number of hydrogen-bond donors (Lipinski definition) is 3. The zero-order chi connectivity index (χ0) is 46.8. The van der Waals surface area contributed by atoms with E-state index in [1.807, 2.05) is 49.3 Å². The average Bonchev–Trinajstić information content (AvgIpc) is 3.84. The molecule has 0 atom stereocenters. The largest absolute Gasteiger partial charge is 0.744 e. The second kappa shape index (κ2) is 18.4. The number of nitrogens with zero attached hydrogens (tertiary/aromatic N) is 5. The summed E-state index contributed by atoms with van der Waals surface area (Å²) in [6, 6.07) is 14.7. The smallest absolute Gasteiger partial charge is 0.294 e. The van der Waals surface area contributed by atoms with E-state index in [2.05, 4.69) is 15.6 Å². The van der Waals surface area contributed by atoms with Crippen molar-refractivity contribution in [2.75, 3.05) is 23.7 Å². The molecule has 1 aromatic heterocycles. The highest BCUT2D eigenvalue weighted by Crippen LogP contribution is 2.49. The molecule has 2 aliphatic heterocycles. The van der Waals surface area contributed by atoms with Gasteiger partial charge < -0.3 is 14.8 Å². The maximum absolute atomic E-state index is 12.8. The number of rotatable bonds is 19. The number of Topliss-reactive ketones (excluding diaryl/α,β-unsaturated/α-hetero) is 1. The van der Waals surface area contributed by atoms with Gasteiger partial charge in [-0.15, -0.1) is 5.10 Å². The summed E-state index contributed by atoms with van der Waals surface area (Å²) in [5.41, 5.74) is 3.68. The summed E-state index contributed by atoms with van der Waals surface area (Å²) in [7, 11) is -13.6. The molecule has 0 unspecified atom stereocenters. The van der Waals surface area contributed by atoms with Crippen molar-refractivity contribution in [2.45, 2.75) is 87.0 Å². The molecular weight excluding hydrogens is 889 g/mol. The van der Waals surface area contributed by atoms with Crippen LogP contribution in [0.3, 0.4) is 0 Å². The number of carbonyl (C=O) groups is 3. The van der Waals surface area contributed by atoms with Crippen LogP contribution in [0.5, 0.6) is 0 Å². The zero-order valence-electron chi connectivity index (χ0n) is 35.5. The topological polar surface area (TPSA) is 266 Å². The first-order valence-corrected chi connectivity index (χ1v) is 24.6. The molecule has 0 bridgehead atoms. The van der Waals surface area contributed by atoms with E-state index in [0.717, 1.165) is 5.71 Å². The van der Waals surface area contributed by atoms with Crippen LogP contribution in [0.25, 0.3) is 5.69 Å². The number of anilines is 1. The molecule has 21 heteroatoms. The predicted octanol–water partition coefficient (Wildman–Crippen LogP) is 4.57. The highest BCUT2D eigenvalue weighted by molar-refractivity contribution is 7.86. The van der Waals surface area contributed by atoms with Crippen LogP contribution >= 0.6 is 0 Å². The second-order valence-corrected chi connectivity index (χ2v) is 20.9. The third-order valence-electron chi connectivity index (χ3n) is 11.4. The molecule has 2 aliphatic rings. The zero-order valence-corrected chi connectivity index (χ0v) is 37.9. The van der Waals surface area contributed by atoms with Gasteiger partial charge in [0.2, 0.25) is 17.4 Å². The van der Waals surface area contributed by atoms with E-state index in [9.17, 15) is 53.3 Å². The lowest BCUT2D eigenvalue weighted by Crippen LogP contribution is -2.29. The molecule has 4 aromatic rings. The van der Waals surface area contributed by atoms with Crippen LogP contribution in [0.1, 0.15) is 87.0 Å². The fourth-order valence-corrected chi connectivity index (χ4v) is 9.60. The molecule has 3 heterocycles. The quantitative estimate of drug-likeness (QED) is 0.0290. The Bertz CT molecular complexity index is 2940. The summed E-state index contributed by atoms with van der Waals surface area (Å²) < 4.78 is 106. The first-order valence-electron chi connectivity index (χ1n) is 20.2. The summed E-state index contributed by atoms with van der Waals surface area (Å²) in [4.78, 5) is 36.3. The van der Waals surface area contributed by atoms with Crippen LogP contribution < -0.4 is 10.2 Å². The van der Waals surface area contributed by atoms with Gasteiger partial charge in [-0.25, -0.2) is 13.1 Å². The van der Waals surface area contributed by atoms with Crippen molar-refractivity contribution < 1.29 is 57.9 Å². The SMILES string of the molecule is CC1(C)C(/C=C/C=C2/N(CCCS(=O)(=O)O)c3ccc(S(=O)(=O)O)cc3C2(C)C)=[N+](CCCCCC(=O)NCc2cn(-c3ccc(C(=O)C=O)cc3)nn2)c2ccc(S(=O)(=O)[O-])cc21. The lowest BCUT2D eigenvalue weighted by atomic mass is 9.81. The van der Waals surface area contributed by atoms with Crippen molar-refractivity contribution in [3.8, 4) is 5.69 Å². The minimum absolute atomic E-state index is 0.0466. The molecule has 0 spiro atoms. The molecule has 0 fully saturated rings. The number of hydrogen-bond acceptors (Lipinski definition) is 13. The van der Waals surface area contributed by atoms with Crippen LogP contribution in [0.4, 0.5) is 11.4 Å². The average molecular weight is 937 g/mol. The number of amides is 1. The molecule has 6 rings (SSSR count). The maximum atomic E-state index is 12.8. The second-order valence-electron chi connectivity index (χ2n) is 16.5. The van der Waals surface area contributed by atoms with Gasteiger partial charge in [0.25, 0.3) is 20.2 Å². The van der Waals surface area contributed by atoms with Crippen molar-refractivity contribution in [1.82, 2.24) is 20.3 Å². The molecular formula is C43H48N6O12S3. The van der Waals surface area contributed by atoms with Gasteiger partial charge in [0.15, 0.2) is 12.0 Å². The molecule has 340 valence electrons. The molecule has 3 N–H and O–H groups in total. The van der Waals surface area contributed by atoms with E-state index in [0.29, 0.717) is 65.4 Å². The highest BCUT2D eigenvalue weighted by Gasteiger charge is 2.45. The Morgan fingerprint density at radius 1 is 0.859 bits per heavy atom. The lowest BCUT2D eigenvalue weighted by Gasteiger charge is -2.27. The molecule has 0 saturated carbocycles. The third-order valence-corrected chi connectivity index (χ3v) is 13.9. The van der Waals surface area contributed by atoms with E-state index in [4.69, 9.17) is 0 Å². The predicted molar refractivity (Wildman–Crippen MR) is 234 cm³/mol. The number of carbonyl (C=O) groups excluding carboxylic acids is 3. The van der Waals surface area contributed by atoms with Crippen molar-refractivity contribution in [2.24, 2.45) is 0 Å². The van der Waals surface area contributed by atoms with E-state index in [1.165, 1.54) is 47.1 Å². The van der Waals surface area contributed by atoms with Crippen molar-refractivity contribution in [3.63, 3.8) is 0 Å². The Balaban J connectivity index is 1.18. The minimum Gasteiger partial charge on any atom is -0.744 e. The van der Waals surface area contributed by atoms with Gasteiger partial charge >= 0.3 is 0 Å². The Morgan fingerprint density at radius 3 is 2.20 bits per heavy atom. The van der Waals surface area contributed by atoms with Gasteiger partial charge in [0, 0.05) is 59.5 Å². The van der Waals surface area contributed by atoms with E-state index in [-0.39, 0.29) is 53.5 Å². The molecule has 0 saturated heterocycles.